The van der Waals surface area contributed by atoms with Crippen LogP contribution < -0.4 is 10.4 Å². The first kappa shape index (κ1) is 12.0. The highest BCUT2D eigenvalue weighted by Gasteiger charge is 2.42. The number of rotatable bonds is 0. The van der Waals surface area contributed by atoms with Crippen molar-refractivity contribution in [2.45, 2.75) is 18.4 Å². The predicted molar refractivity (Wildman–Crippen MR) is 91.0 cm³/mol. The summed E-state index contributed by atoms with van der Waals surface area (Å²) in [6.45, 7) is 0.887. The summed E-state index contributed by atoms with van der Waals surface area (Å²) >= 11 is 0. The van der Waals surface area contributed by atoms with Crippen LogP contribution in [0.1, 0.15) is 18.4 Å². The number of ether oxygens (including phenoxy) is 1. The second-order valence-electron chi connectivity index (χ2n) is 6.67. The molecule has 6 rings (SSSR count). The van der Waals surface area contributed by atoms with E-state index in [-0.39, 0.29) is 5.60 Å². The molecule has 0 N–H and O–H groups in total. The van der Waals surface area contributed by atoms with E-state index in [1.54, 1.807) is 0 Å². The molecule has 3 heteroatoms. The molecule has 1 atom stereocenters. The van der Waals surface area contributed by atoms with Gasteiger partial charge in [-0.05, 0) is 50.9 Å². The largest absolute Gasteiger partial charge is 0.370 e. The molecule has 3 aromatic rings. The van der Waals surface area contributed by atoms with E-state index in [2.05, 4.69) is 52.7 Å². The maximum Gasteiger partial charge on any atom is 0.0993 e. The van der Waals surface area contributed by atoms with Crippen LogP contribution in [0.15, 0.2) is 46.6 Å². The van der Waals surface area contributed by atoms with Gasteiger partial charge in [-0.1, -0.05) is 30.3 Å². The van der Waals surface area contributed by atoms with Crippen molar-refractivity contribution in [3.8, 4) is 0 Å². The molecule has 110 valence electrons. The highest BCUT2D eigenvalue weighted by atomic mass is 16.5. The average molecular weight is 298 g/mol. The Labute approximate surface area is 132 Å². The Hall–Kier alpha value is -2.52. The third-order valence-corrected chi connectivity index (χ3v) is 5.58. The standard InChI is InChI=1S/C20H14N2O/c1-2-14-15(17-9-13-11-21-22-19(13)10-12(1)17)3-4-18-16(14)5-6-20(18)7-8-23-20/h1-5,9-11H,6-8H2/t20-/m1/s1. The van der Waals surface area contributed by atoms with Gasteiger partial charge in [0.2, 0.25) is 0 Å². The monoisotopic (exact) mass is 298 g/mol. The zero-order valence-corrected chi connectivity index (χ0v) is 12.5. The van der Waals surface area contributed by atoms with Crippen LogP contribution in [0.4, 0.5) is 5.69 Å². The van der Waals surface area contributed by atoms with Crippen LogP contribution in [0.25, 0.3) is 33.8 Å². The summed E-state index contributed by atoms with van der Waals surface area (Å²) in [6, 6.07) is 13.3. The van der Waals surface area contributed by atoms with Gasteiger partial charge in [0.1, 0.15) is 0 Å². The molecular weight excluding hydrogens is 284 g/mol. The Morgan fingerprint density at radius 2 is 1.91 bits per heavy atom. The molecule has 1 saturated heterocycles. The Bertz CT molecular complexity index is 1170. The SMILES string of the molecule is C1=c2cc3c(ccc4c5c(ccc43)[C@@]3(CC=5)CCO3)cc2N=N1. The molecule has 1 spiro atoms. The van der Waals surface area contributed by atoms with Gasteiger partial charge < -0.3 is 4.74 Å². The molecule has 2 aliphatic heterocycles. The summed E-state index contributed by atoms with van der Waals surface area (Å²) < 4.78 is 5.94. The van der Waals surface area contributed by atoms with Gasteiger partial charge in [-0.25, -0.2) is 0 Å². The van der Waals surface area contributed by atoms with Crippen LogP contribution in [0.3, 0.4) is 0 Å². The van der Waals surface area contributed by atoms with Gasteiger partial charge in [0.05, 0.1) is 24.1 Å². The Kier molecular flexibility index (Phi) is 2.01. The number of benzene rings is 3. The molecule has 0 unspecified atom stereocenters. The molecule has 1 aliphatic carbocycles. The van der Waals surface area contributed by atoms with Crippen molar-refractivity contribution in [1.82, 2.24) is 0 Å². The number of hydrogen-bond acceptors (Lipinski definition) is 3. The van der Waals surface area contributed by atoms with Crippen LogP contribution in [0.5, 0.6) is 0 Å². The summed E-state index contributed by atoms with van der Waals surface area (Å²) in [6.07, 6.45) is 6.34. The third kappa shape index (κ3) is 1.39. The first-order valence-corrected chi connectivity index (χ1v) is 8.09. The van der Waals surface area contributed by atoms with Crippen molar-refractivity contribution in [1.29, 1.82) is 0 Å². The van der Waals surface area contributed by atoms with E-state index in [0.29, 0.717) is 0 Å². The minimum Gasteiger partial charge on any atom is -0.370 e. The topological polar surface area (TPSA) is 34.0 Å². The van der Waals surface area contributed by atoms with E-state index in [1.165, 1.54) is 32.3 Å². The molecule has 1 fully saturated rings. The average Bonchev–Trinajstić information content (AvgIpc) is 3.15. The van der Waals surface area contributed by atoms with E-state index in [4.69, 9.17) is 4.74 Å². The molecule has 0 aromatic heterocycles. The second-order valence-corrected chi connectivity index (χ2v) is 6.67. The van der Waals surface area contributed by atoms with Gasteiger partial charge in [0.25, 0.3) is 0 Å². The maximum absolute atomic E-state index is 5.94. The second kappa shape index (κ2) is 3.87. The third-order valence-electron chi connectivity index (χ3n) is 5.58. The van der Waals surface area contributed by atoms with Crippen molar-refractivity contribution in [3.63, 3.8) is 0 Å². The van der Waals surface area contributed by atoms with Crippen molar-refractivity contribution >= 4 is 39.5 Å². The lowest BCUT2D eigenvalue weighted by molar-refractivity contribution is -0.147. The lowest BCUT2D eigenvalue weighted by Gasteiger charge is -2.39. The van der Waals surface area contributed by atoms with Crippen LogP contribution in [0.2, 0.25) is 0 Å². The fraction of sp³-hybridized carbons (Fsp3) is 0.200. The van der Waals surface area contributed by atoms with Gasteiger partial charge in [-0.2, -0.15) is 10.2 Å². The fourth-order valence-electron chi connectivity index (χ4n) is 4.28. The molecule has 0 saturated carbocycles. The van der Waals surface area contributed by atoms with Gasteiger partial charge in [-0.15, -0.1) is 0 Å². The molecule has 0 radical (unpaired) electrons. The molecule has 3 aromatic carbocycles. The number of fused-ring (bicyclic) bond motifs is 7. The smallest absolute Gasteiger partial charge is 0.0993 e. The summed E-state index contributed by atoms with van der Waals surface area (Å²) in [7, 11) is 0. The van der Waals surface area contributed by atoms with E-state index in [9.17, 15) is 0 Å². The van der Waals surface area contributed by atoms with Crippen LogP contribution in [-0.2, 0) is 10.3 Å². The van der Waals surface area contributed by atoms with E-state index < -0.39 is 0 Å². The molecule has 0 bridgehead atoms. The summed E-state index contributed by atoms with van der Waals surface area (Å²) in [5.41, 5.74) is 2.31. The van der Waals surface area contributed by atoms with Gasteiger partial charge in [-0.3, -0.25) is 0 Å². The first-order chi connectivity index (χ1) is 11.3. The van der Waals surface area contributed by atoms with Gasteiger partial charge >= 0.3 is 0 Å². The summed E-state index contributed by atoms with van der Waals surface area (Å²) in [5, 5.41) is 15.8. The van der Waals surface area contributed by atoms with Crippen molar-refractivity contribution < 1.29 is 4.74 Å². The minimum absolute atomic E-state index is 0.0258. The predicted octanol–water partition coefficient (Wildman–Crippen LogP) is 3.63. The number of azo groups is 1. The number of nitrogens with zero attached hydrogens (tertiary/aromatic N) is 2. The van der Waals surface area contributed by atoms with Crippen molar-refractivity contribution in [2.24, 2.45) is 10.2 Å². The lowest BCUT2D eigenvalue weighted by Crippen LogP contribution is -2.40. The van der Waals surface area contributed by atoms with Gasteiger partial charge in [0, 0.05) is 11.6 Å². The van der Waals surface area contributed by atoms with Crippen LogP contribution in [-0.4, -0.2) is 6.61 Å². The van der Waals surface area contributed by atoms with E-state index >= 15 is 0 Å². The quantitative estimate of drug-likeness (QED) is 0.584. The fourth-order valence-corrected chi connectivity index (χ4v) is 4.28. The minimum atomic E-state index is -0.0258. The maximum atomic E-state index is 5.94. The summed E-state index contributed by atoms with van der Waals surface area (Å²) in [5.74, 6) is 0. The lowest BCUT2D eigenvalue weighted by atomic mass is 9.86. The molecule has 0 amide bonds. The molecule has 23 heavy (non-hydrogen) atoms. The van der Waals surface area contributed by atoms with Crippen LogP contribution in [0, 0.1) is 0 Å². The molecular formula is C20H14N2O. The van der Waals surface area contributed by atoms with Crippen molar-refractivity contribution in [2.75, 3.05) is 6.61 Å². The zero-order chi connectivity index (χ0) is 15.0. The van der Waals surface area contributed by atoms with Gasteiger partial charge in [0.15, 0.2) is 0 Å². The van der Waals surface area contributed by atoms with E-state index in [0.717, 1.165) is 30.4 Å². The summed E-state index contributed by atoms with van der Waals surface area (Å²) in [4.78, 5) is 0. The first-order valence-electron chi connectivity index (χ1n) is 8.09. The highest BCUT2D eigenvalue weighted by Crippen LogP contribution is 2.43. The molecule has 3 aliphatic rings. The zero-order valence-electron chi connectivity index (χ0n) is 12.5. The van der Waals surface area contributed by atoms with E-state index in [1.807, 2.05) is 6.20 Å². The van der Waals surface area contributed by atoms with Crippen molar-refractivity contribution in [3.05, 3.63) is 52.4 Å². The Morgan fingerprint density at radius 1 is 1.00 bits per heavy atom. The van der Waals surface area contributed by atoms with Crippen LogP contribution >= 0.6 is 0 Å². The highest BCUT2D eigenvalue weighted by molar-refractivity contribution is 6.08. The number of hydrogen-bond donors (Lipinski definition) is 0. The normalized spacial score (nSPS) is 23.7. The molecule has 2 heterocycles. The molecule has 3 nitrogen and oxygen atoms in total. The Balaban J connectivity index is 1.74. The Morgan fingerprint density at radius 3 is 2.78 bits per heavy atom.